The molecule has 0 bridgehead atoms. The molecular formula is C12H24F2N2O2. The highest BCUT2D eigenvalue weighted by Gasteiger charge is 2.14. The van der Waals surface area contributed by atoms with Crippen molar-refractivity contribution in [1.82, 2.24) is 10.6 Å². The largest absolute Gasteiger partial charge is 0.374 e. The van der Waals surface area contributed by atoms with Gasteiger partial charge in [-0.25, -0.2) is 8.78 Å². The van der Waals surface area contributed by atoms with Crippen molar-refractivity contribution in [2.75, 3.05) is 19.8 Å². The van der Waals surface area contributed by atoms with E-state index in [9.17, 15) is 13.6 Å². The van der Waals surface area contributed by atoms with Gasteiger partial charge in [-0.15, -0.1) is 0 Å². The summed E-state index contributed by atoms with van der Waals surface area (Å²) in [5.41, 5.74) is 0. The normalized spacial score (nSPS) is 13.1. The monoisotopic (exact) mass is 266 g/mol. The molecule has 108 valence electrons. The van der Waals surface area contributed by atoms with E-state index < -0.39 is 13.0 Å². The van der Waals surface area contributed by atoms with Gasteiger partial charge < -0.3 is 15.4 Å². The maximum Gasteiger partial charge on any atom is 0.261 e. The summed E-state index contributed by atoms with van der Waals surface area (Å²) in [6, 6.07) is -0.155. The number of halogens is 2. The van der Waals surface area contributed by atoms with Crippen LogP contribution in [-0.2, 0) is 9.53 Å². The van der Waals surface area contributed by atoms with E-state index >= 15 is 0 Å². The second-order valence-electron chi connectivity index (χ2n) is 4.16. The van der Waals surface area contributed by atoms with Gasteiger partial charge in [0.15, 0.2) is 0 Å². The molecule has 0 aromatic rings. The third-order valence-corrected chi connectivity index (χ3v) is 2.67. The molecule has 1 unspecified atom stereocenters. The number of ether oxygens (including phenoxy) is 1. The average molecular weight is 266 g/mol. The lowest BCUT2D eigenvalue weighted by molar-refractivity contribution is -0.123. The summed E-state index contributed by atoms with van der Waals surface area (Å²) in [7, 11) is 0. The highest BCUT2D eigenvalue weighted by molar-refractivity contribution is 5.81. The number of carbonyl (C=O) groups excluding carboxylic acids is 1. The van der Waals surface area contributed by atoms with E-state index in [4.69, 9.17) is 4.74 Å². The topological polar surface area (TPSA) is 50.4 Å². The first-order chi connectivity index (χ1) is 8.51. The highest BCUT2D eigenvalue weighted by atomic mass is 19.3. The molecule has 0 heterocycles. The standard InChI is InChI=1S/C12H24F2N2O2/c1-4-10(5-2)16-12(17)9(3)15-6-7-18-8-11(13)14/h9-11,15H,4-8H2,1-3H3,(H,16,17). The van der Waals surface area contributed by atoms with Gasteiger partial charge in [0.1, 0.15) is 6.61 Å². The predicted octanol–water partition coefficient (Wildman–Crippen LogP) is 1.55. The molecule has 1 amide bonds. The molecule has 0 aliphatic heterocycles. The summed E-state index contributed by atoms with van der Waals surface area (Å²) in [6.45, 7) is 5.77. The summed E-state index contributed by atoms with van der Waals surface area (Å²) in [4.78, 5) is 11.7. The zero-order valence-electron chi connectivity index (χ0n) is 11.3. The van der Waals surface area contributed by atoms with Crippen LogP contribution in [0.5, 0.6) is 0 Å². The Hall–Kier alpha value is -0.750. The smallest absolute Gasteiger partial charge is 0.261 e. The third kappa shape index (κ3) is 8.36. The van der Waals surface area contributed by atoms with Gasteiger partial charge in [0.05, 0.1) is 12.6 Å². The van der Waals surface area contributed by atoms with Crippen LogP contribution in [0.2, 0.25) is 0 Å². The molecule has 4 nitrogen and oxygen atoms in total. The van der Waals surface area contributed by atoms with Crippen LogP contribution in [0.1, 0.15) is 33.6 Å². The molecule has 2 N–H and O–H groups in total. The van der Waals surface area contributed by atoms with E-state index in [0.717, 1.165) is 12.8 Å². The summed E-state index contributed by atoms with van der Waals surface area (Å²) < 4.78 is 28.2. The molecule has 0 rings (SSSR count). The lowest BCUT2D eigenvalue weighted by Gasteiger charge is -2.19. The van der Waals surface area contributed by atoms with Crippen molar-refractivity contribution in [2.24, 2.45) is 0 Å². The molecule has 18 heavy (non-hydrogen) atoms. The third-order valence-electron chi connectivity index (χ3n) is 2.67. The molecule has 0 aromatic carbocycles. The average Bonchev–Trinajstić information content (AvgIpc) is 2.34. The molecule has 6 heteroatoms. The number of amides is 1. The van der Waals surface area contributed by atoms with Crippen molar-refractivity contribution in [2.45, 2.75) is 52.1 Å². The molecule has 0 radical (unpaired) electrons. The molecular weight excluding hydrogens is 242 g/mol. The van der Waals surface area contributed by atoms with E-state index in [-0.39, 0.29) is 24.6 Å². The second kappa shape index (κ2) is 10.2. The SMILES string of the molecule is CCC(CC)NC(=O)C(C)NCCOCC(F)F. The van der Waals surface area contributed by atoms with Gasteiger partial charge >= 0.3 is 0 Å². The number of nitrogens with one attached hydrogen (secondary N) is 2. The van der Waals surface area contributed by atoms with Gasteiger partial charge in [-0.2, -0.15) is 0 Å². The number of alkyl halides is 2. The fourth-order valence-corrected chi connectivity index (χ4v) is 1.43. The molecule has 0 aromatic heterocycles. The maximum absolute atomic E-state index is 11.8. The Morgan fingerprint density at radius 2 is 1.89 bits per heavy atom. The zero-order valence-corrected chi connectivity index (χ0v) is 11.3. The Morgan fingerprint density at radius 3 is 2.39 bits per heavy atom. The Balaban J connectivity index is 3.67. The minimum atomic E-state index is -2.44. The van der Waals surface area contributed by atoms with Gasteiger partial charge in [-0.05, 0) is 19.8 Å². The summed E-state index contributed by atoms with van der Waals surface area (Å²) >= 11 is 0. The molecule has 0 aliphatic rings. The summed E-state index contributed by atoms with van der Waals surface area (Å²) in [5, 5.41) is 5.84. The van der Waals surface area contributed by atoms with Gasteiger partial charge in [-0.1, -0.05) is 13.8 Å². The zero-order chi connectivity index (χ0) is 14.0. The molecule has 0 saturated carbocycles. The second-order valence-corrected chi connectivity index (χ2v) is 4.16. The van der Waals surface area contributed by atoms with E-state index in [2.05, 4.69) is 10.6 Å². The van der Waals surface area contributed by atoms with E-state index in [1.165, 1.54) is 0 Å². The van der Waals surface area contributed by atoms with Crippen molar-refractivity contribution in [3.63, 3.8) is 0 Å². The summed E-state index contributed by atoms with van der Waals surface area (Å²) in [5.74, 6) is -0.0717. The minimum Gasteiger partial charge on any atom is -0.374 e. The van der Waals surface area contributed by atoms with Crippen molar-refractivity contribution < 1.29 is 18.3 Å². The van der Waals surface area contributed by atoms with Crippen molar-refractivity contribution in [3.8, 4) is 0 Å². The first-order valence-corrected chi connectivity index (χ1v) is 6.40. The Morgan fingerprint density at radius 1 is 1.28 bits per heavy atom. The van der Waals surface area contributed by atoms with Crippen LogP contribution in [0.15, 0.2) is 0 Å². The van der Waals surface area contributed by atoms with Crippen LogP contribution >= 0.6 is 0 Å². The Bertz CT molecular complexity index is 224. The van der Waals surface area contributed by atoms with Crippen molar-refractivity contribution in [1.29, 1.82) is 0 Å². The van der Waals surface area contributed by atoms with E-state index in [1.807, 2.05) is 13.8 Å². The first-order valence-electron chi connectivity index (χ1n) is 6.40. The molecule has 0 spiro atoms. The molecule has 0 saturated heterocycles. The van der Waals surface area contributed by atoms with Gasteiger partial charge in [0, 0.05) is 12.6 Å². The summed E-state index contributed by atoms with van der Waals surface area (Å²) in [6.07, 6.45) is -0.653. The van der Waals surface area contributed by atoms with Crippen LogP contribution < -0.4 is 10.6 Å². The van der Waals surface area contributed by atoms with E-state index in [0.29, 0.717) is 6.54 Å². The van der Waals surface area contributed by atoms with Crippen LogP contribution in [-0.4, -0.2) is 44.2 Å². The van der Waals surface area contributed by atoms with Crippen LogP contribution in [0.25, 0.3) is 0 Å². The van der Waals surface area contributed by atoms with Crippen LogP contribution in [0.4, 0.5) is 8.78 Å². The first kappa shape index (κ1) is 17.2. The van der Waals surface area contributed by atoms with Gasteiger partial charge in [0.25, 0.3) is 6.43 Å². The number of rotatable bonds is 10. The van der Waals surface area contributed by atoms with Crippen LogP contribution in [0, 0.1) is 0 Å². The number of hydrogen-bond donors (Lipinski definition) is 2. The van der Waals surface area contributed by atoms with Gasteiger partial charge in [0.2, 0.25) is 5.91 Å². The highest BCUT2D eigenvalue weighted by Crippen LogP contribution is 1.97. The Kier molecular flexibility index (Phi) is 9.77. The molecule has 1 atom stereocenters. The quantitative estimate of drug-likeness (QED) is 0.590. The maximum atomic E-state index is 11.8. The lowest BCUT2D eigenvalue weighted by atomic mass is 10.1. The molecule has 0 aliphatic carbocycles. The van der Waals surface area contributed by atoms with E-state index in [1.54, 1.807) is 6.92 Å². The number of carbonyl (C=O) groups is 1. The van der Waals surface area contributed by atoms with Crippen LogP contribution in [0.3, 0.4) is 0 Å². The van der Waals surface area contributed by atoms with Gasteiger partial charge in [-0.3, -0.25) is 4.79 Å². The van der Waals surface area contributed by atoms with Crippen molar-refractivity contribution in [3.05, 3.63) is 0 Å². The lowest BCUT2D eigenvalue weighted by Crippen LogP contribution is -2.46. The predicted molar refractivity (Wildman–Crippen MR) is 66.8 cm³/mol. The minimum absolute atomic E-state index is 0.0717. The molecule has 0 fully saturated rings. The number of hydrogen-bond acceptors (Lipinski definition) is 3. The van der Waals surface area contributed by atoms with Crippen molar-refractivity contribution >= 4 is 5.91 Å². The fourth-order valence-electron chi connectivity index (χ4n) is 1.43. The fraction of sp³-hybridized carbons (Fsp3) is 0.917. The Labute approximate surface area is 107 Å².